The third-order valence-electron chi connectivity index (χ3n) is 2.62. The van der Waals surface area contributed by atoms with Crippen molar-refractivity contribution in [2.75, 3.05) is 0 Å². The molecular weight excluding hydrogens is 202 g/mol. The maximum Gasteiger partial charge on any atom is 0.137 e. The number of hydroxylamine groups is 1. The first kappa shape index (κ1) is 11.3. The van der Waals surface area contributed by atoms with Crippen molar-refractivity contribution < 1.29 is 10.3 Å². The van der Waals surface area contributed by atoms with E-state index >= 15 is 0 Å². The number of aromatic hydroxyl groups is 1. The number of hydrogen-bond acceptors (Lipinski definition) is 3. The minimum absolute atomic E-state index is 0.128. The van der Waals surface area contributed by atoms with E-state index in [4.69, 9.17) is 16.8 Å². The van der Waals surface area contributed by atoms with Gasteiger partial charge in [-0.15, -0.1) is 0 Å². The zero-order valence-electron chi connectivity index (χ0n) is 8.48. The van der Waals surface area contributed by atoms with Gasteiger partial charge in [0.25, 0.3) is 0 Å². The van der Waals surface area contributed by atoms with Crippen LogP contribution in [0, 0.1) is 20.8 Å². The summed E-state index contributed by atoms with van der Waals surface area (Å²) >= 11 is 5.94. The molecule has 4 heteroatoms. The fourth-order valence-corrected chi connectivity index (χ4v) is 1.76. The van der Waals surface area contributed by atoms with Gasteiger partial charge in [0.2, 0.25) is 0 Å². The summed E-state index contributed by atoms with van der Waals surface area (Å²) in [5, 5.41) is 18.7. The third-order valence-corrected chi connectivity index (χ3v) is 3.08. The maximum absolute atomic E-state index is 9.65. The molecule has 3 nitrogen and oxygen atoms in total. The van der Waals surface area contributed by atoms with Crippen LogP contribution in [-0.4, -0.2) is 10.3 Å². The molecule has 0 saturated carbocycles. The van der Waals surface area contributed by atoms with E-state index in [9.17, 15) is 5.11 Å². The summed E-state index contributed by atoms with van der Waals surface area (Å²) in [7, 11) is 0. The highest BCUT2D eigenvalue weighted by Crippen LogP contribution is 2.35. The number of nitrogens with one attached hydrogen (secondary N) is 1. The van der Waals surface area contributed by atoms with Gasteiger partial charge < -0.3 is 10.3 Å². The van der Waals surface area contributed by atoms with Crippen LogP contribution in [0.4, 0.5) is 0 Å². The van der Waals surface area contributed by atoms with Gasteiger partial charge in [0.15, 0.2) is 0 Å². The molecule has 1 aromatic carbocycles. The molecule has 1 aromatic rings. The second-order valence-electron chi connectivity index (χ2n) is 3.35. The number of phenolic OH excluding ortho intramolecular Hbond substituents is 1. The number of phenols is 1. The van der Waals surface area contributed by atoms with Gasteiger partial charge in [-0.1, -0.05) is 11.6 Å². The number of hydrogen-bond donors (Lipinski definition) is 3. The summed E-state index contributed by atoms with van der Waals surface area (Å²) in [5.41, 5.74) is 5.53. The molecule has 0 amide bonds. The highest BCUT2D eigenvalue weighted by Gasteiger charge is 2.14. The Balaban J connectivity index is 3.43. The van der Waals surface area contributed by atoms with Crippen molar-refractivity contribution in [1.29, 1.82) is 0 Å². The standard InChI is InChI=1S/C10H14ClNO2/c1-5-6(2)10(13)9(11)7(3)8(5)4-12-14/h12-14H,4H2,1-3H3. The largest absolute Gasteiger partial charge is 0.506 e. The molecule has 0 aliphatic rings. The maximum atomic E-state index is 9.65. The van der Waals surface area contributed by atoms with Crippen LogP contribution >= 0.6 is 11.6 Å². The van der Waals surface area contributed by atoms with Crippen LogP contribution in [0.1, 0.15) is 22.3 Å². The first-order valence-electron chi connectivity index (χ1n) is 4.34. The average molecular weight is 216 g/mol. The van der Waals surface area contributed by atoms with E-state index in [1.54, 1.807) is 6.92 Å². The topological polar surface area (TPSA) is 52.5 Å². The molecule has 3 N–H and O–H groups in total. The molecule has 0 atom stereocenters. The van der Waals surface area contributed by atoms with E-state index in [1.807, 2.05) is 13.8 Å². The van der Waals surface area contributed by atoms with Crippen LogP contribution in [0.25, 0.3) is 0 Å². The van der Waals surface area contributed by atoms with Gasteiger partial charge in [-0.05, 0) is 43.0 Å². The van der Waals surface area contributed by atoms with E-state index in [0.717, 1.165) is 22.3 Å². The van der Waals surface area contributed by atoms with Crippen LogP contribution < -0.4 is 5.48 Å². The molecule has 0 saturated heterocycles. The lowest BCUT2D eigenvalue weighted by molar-refractivity contribution is 0.161. The zero-order valence-corrected chi connectivity index (χ0v) is 9.24. The Morgan fingerprint density at radius 2 is 1.71 bits per heavy atom. The fraction of sp³-hybridized carbons (Fsp3) is 0.400. The Morgan fingerprint density at radius 1 is 1.14 bits per heavy atom. The molecule has 0 bridgehead atoms. The molecular formula is C10H14ClNO2. The molecule has 0 radical (unpaired) electrons. The predicted octanol–water partition coefficient (Wildman–Crippen LogP) is 2.45. The van der Waals surface area contributed by atoms with Crippen molar-refractivity contribution in [2.45, 2.75) is 27.3 Å². The van der Waals surface area contributed by atoms with Gasteiger partial charge in [0, 0.05) is 6.54 Å². The van der Waals surface area contributed by atoms with Crippen molar-refractivity contribution in [3.05, 3.63) is 27.3 Å². The van der Waals surface area contributed by atoms with Crippen LogP contribution in [0.15, 0.2) is 0 Å². The summed E-state index contributed by atoms with van der Waals surface area (Å²) in [6, 6.07) is 0. The molecule has 1 rings (SSSR count). The number of rotatable bonds is 2. The first-order chi connectivity index (χ1) is 6.50. The lowest BCUT2D eigenvalue weighted by atomic mass is 9.97. The summed E-state index contributed by atoms with van der Waals surface area (Å²) in [5.74, 6) is 0.128. The van der Waals surface area contributed by atoms with Crippen LogP contribution in [0.2, 0.25) is 5.02 Å². The van der Waals surface area contributed by atoms with E-state index in [2.05, 4.69) is 5.48 Å². The third kappa shape index (κ3) is 1.71. The Kier molecular flexibility index (Phi) is 3.37. The van der Waals surface area contributed by atoms with Gasteiger partial charge in [-0.2, -0.15) is 0 Å². The highest BCUT2D eigenvalue weighted by molar-refractivity contribution is 6.33. The van der Waals surface area contributed by atoms with Crippen molar-refractivity contribution >= 4 is 11.6 Å². The Morgan fingerprint density at radius 3 is 2.21 bits per heavy atom. The predicted molar refractivity (Wildman–Crippen MR) is 56.0 cm³/mol. The minimum Gasteiger partial charge on any atom is -0.506 e. The van der Waals surface area contributed by atoms with E-state index in [1.165, 1.54) is 0 Å². The number of benzene rings is 1. The van der Waals surface area contributed by atoms with Crippen LogP contribution in [0.5, 0.6) is 5.75 Å². The van der Waals surface area contributed by atoms with Crippen LogP contribution in [-0.2, 0) is 6.54 Å². The second kappa shape index (κ2) is 4.17. The van der Waals surface area contributed by atoms with Crippen molar-refractivity contribution in [3.63, 3.8) is 0 Å². The number of halogens is 1. The molecule has 14 heavy (non-hydrogen) atoms. The molecule has 78 valence electrons. The summed E-state index contributed by atoms with van der Waals surface area (Å²) < 4.78 is 0. The first-order valence-corrected chi connectivity index (χ1v) is 4.72. The van der Waals surface area contributed by atoms with Crippen molar-refractivity contribution in [1.82, 2.24) is 5.48 Å². The minimum atomic E-state index is 0.128. The SMILES string of the molecule is Cc1c(C)c(CNO)c(C)c(Cl)c1O. The Hall–Kier alpha value is -0.770. The van der Waals surface area contributed by atoms with Gasteiger partial charge in [-0.3, -0.25) is 0 Å². The van der Waals surface area contributed by atoms with Gasteiger partial charge in [0.1, 0.15) is 5.75 Å². The molecule has 0 heterocycles. The summed E-state index contributed by atoms with van der Waals surface area (Å²) in [6.45, 7) is 5.85. The Bertz CT molecular complexity index is 335. The monoisotopic (exact) mass is 215 g/mol. The smallest absolute Gasteiger partial charge is 0.137 e. The second-order valence-corrected chi connectivity index (χ2v) is 3.73. The molecule has 0 spiro atoms. The van der Waals surface area contributed by atoms with Gasteiger partial charge in [-0.25, -0.2) is 5.48 Å². The van der Waals surface area contributed by atoms with Crippen LogP contribution in [0.3, 0.4) is 0 Å². The lowest BCUT2D eigenvalue weighted by Gasteiger charge is -2.15. The summed E-state index contributed by atoms with van der Waals surface area (Å²) in [4.78, 5) is 0. The van der Waals surface area contributed by atoms with E-state index < -0.39 is 0 Å². The zero-order chi connectivity index (χ0) is 10.9. The quantitative estimate of drug-likeness (QED) is 0.665. The normalized spacial score (nSPS) is 10.6. The van der Waals surface area contributed by atoms with E-state index in [-0.39, 0.29) is 5.75 Å². The highest BCUT2D eigenvalue weighted by atomic mass is 35.5. The molecule has 0 aliphatic heterocycles. The van der Waals surface area contributed by atoms with E-state index in [0.29, 0.717) is 11.6 Å². The van der Waals surface area contributed by atoms with Gasteiger partial charge in [0.05, 0.1) is 5.02 Å². The molecule has 0 aromatic heterocycles. The fourth-order valence-electron chi connectivity index (χ4n) is 1.50. The molecule has 0 unspecified atom stereocenters. The van der Waals surface area contributed by atoms with Crippen molar-refractivity contribution in [3.8, 4) is 5.75 Å². The molecule has 0 fully saturated rings. The Labute approximate surface area is 88.3 Å². The molecule has 0 aliphatic carbocycles. The van der Waals surface area contributed by atoms with Crippen molar-refractivity contribution in [2.24, 2.45) is 0 Å². The lowest BCUT2D eigenvalue weighted by Crippen LogP contribution is -2.10. The average Bonchev–Trinajstić information content (AvgIpc) is 2.19. The summed E-state index contributed by atoms with van der Waals surface area (Å²) in [6.07, 6.45) is 0. The van der Waals surface area contributed by atoms with Gasteiger partial charge >= 0.3 is 0 Å².